The Bertz CT molecular complexity index is 408. The van der Waals surface area contributed by atoms with Crippen LogP contribution in [0.25, 0.3) is 6.20 Å². The molecule has 1 aliphatic heterocycles. The number of likely N-dealkylation sites (N-methyl/N-ethyl adjacent to an activating group) is 1. The van der Waals surface area contributed by atoms with Crippen LogP contribution in [0.2, 0.25) is 0 Å². The van der Waals surface area contributed by atoms with Crippen LogP contribution < -0.4 is 0 Å². The Labute approximate surface area is 97.0 Å². The van der Waals surface area contributed by atoms with Crippen LogP contribution in [0.4, 0.5) is 0 Å². The molecule has 3 nitrogen and oxygen atoms in total. The summed E-state index contributed by atoms with van der Waals surface area (Å²) in [6, 6.07) is 2.52. The highest BCUT2D eigenvalue weighted by Gasteiger charge is 2.29. The fourth-order valence-corrected chi connectivity index (χ4v) is 2.72. The van der Waals surface area contributed by atoms with Gasteiger partial charge in [0.25, 0.3) is 0 Å². The number of hydrogen-bond donors (Lipinski definition) is 1. The van der Waals surface area contributed by atoms with E-state index in [1.165, 1.54) is 11.3 Å². The van der Waals surface area contributed by atoms with Crippen molar-refractivity contribution in [2.75, 3.05) is 13.6 Å². The number of aliphatic hydroxyl groups is 1. The van der Waals surface area contributed by atoms with Gasteiger partial charge in [-0.25, -0.2) is 0 Å². The SMILES string of the molecule is C=Cn1c(CO)cc2c1[C@H](C)CN(C)[C@@H]2C. The first-order valence-electron chi connectivity index (χ1n) is 5.77. The zero-order valence-corrected chi connectivity index (χ0v) is 10.3. The van der Waals surface area contributed by atoms with E-state index in [1.54, 1.807) is 6.20 Å². The fraction of sp³-hybridized carbons (Fsp3) is 0.538. The van der Waals surface area contributed by atoms with Gasteiger partial charge < -0.3 is 9.67 Å². The Balaban J connectivity index is 2.59. The van der Waals surface area contributed by atoms with Crippen LogP contribution in [-0.4, -0.2) is 28.2 Å². The van der Waals surface area contributed by atoms with E-state index in [0.29, 0.717) is 12.0 Å². The van der Waals surface area contributed by atoms with Crippen molar-refractivity contribution < 1.29 is 5.11 Å². The number of aliphatic hydroxyl groups excluding tert-OH is 1. The number of aromatic nitrogens is 1. The normalized spacial score (nSPS) is 25.5. The van der Waals surface area contributed by atoms with Crippen molar-refractivity contribution in [3.05, 3.63) is 29.6 Å². The van der Waals surface area contributed by atoms with Gasteiger partial charge in [0, 0.05) is 36.1 Å². The molecule has 2 rings (SSSR count). The largest absolute Gasteiger partial charge is 0.390 e. The van der Waals surface area contributed by atoms with E-state index >= 15 is 0 Å². The van der Waals surface area contributed by atoms with Gasteiger partial charge in [-0.3, -0.25) is 4.90 Å². The van der Waals surface area contributed by atoms with Gasteiger partial charge in [-0.05, 0) is 25.6 Å². The molecule has 3 heteroatoms. The van der Waals surface area contributed by atoms with Gasteiger partial charge in [-0.15, -0.1) is 0 Å². The summed E-state index contributed by atoms with van der Waals surface area (Å²) in [7, 11) is 2.15. The summed E-state index contributed by atoms with van der Waals surface area (Å²) in [6.45, 7) is 9.39. The quantitative estimate of drug-likeness (QED) is 0.827. The second kappa shape index (κ2) is 4.07. The highest BCUT2D eigenvalue weighted by atomic mass is 16.3. The van der Waals surface area contributed by atoms with Gasteiger partial charge in [0.05, 0.1) is 6.61 Å². The molecule has 1 N–H and O–H groups in total. The molecule has 0 saturated carbocycles. The fourth-order valence-electron chi connectivity index (χ4n) is 2.72. The molecule has 0 aliphatic carbocycles. The molecular formula is C13H20N2O. The molecule has 0 fully saturated rings. The zero-order chi connectivity index (χ0) is 11.9. The lowest BCUT2D eigenvalue weighted by molar-refractivity contribution is 0.226. The smallest absolute Gasteiger partial charge is 0.0836 e. The van der Waals surface area contributed by atoms with E-state index in [-0.39, 0.29) is 6.61 Å². The van der Waals surface area contributed by atoms with Crippen LogP contribution in [-0.2, 0) is 6.61 Å². The van der Waals surface area contributed by atoms with Crippen molar-refractivity contribution in [1.29, 1.82) is 0 Å². The van der Waals surface area contributed by atoms with E-state index < -0.39 is 0 Å². The molecule has 88 valence electrons. The van der Waals surface area contributed by atoms with Crippen molar-refractivity contribution in [2.24, 2.45) is 0 Å². The highest BCUT2D eigenvalue weighted by molar-refractivity contribution is 5.42. The van der Waals surface area contributed by atoms with Crippen molar-refractivity contribution in [3.8, 4) is 0 Å². The van der Waals surface area contributed by atoms with Crippen LogP contribution in [0.15, 0.2) is 12.6 Å². The van der Waals surface area contributed by atoms with E-state index in [9.17, 15) is 5.11 Å². The van der Waals surface area contributed by atoms with Gasteiger partial charge in [-0.2, -0.15) is 0 Å². The molecule has 1 aromatic heterocycles. The van der Waals surface area contributed by atoms with Gasteiger partial charge >= 0.3 is 0 Å². The van der Waals surface area contributed by atoms with E-state index in [0.717, 1.165) is 12.2 Å². The van der Waals surface area contributed by atoms with Crippen molar-refractivity contribution >= 4 is 6.20 Å². The third kappa shape index (κ3) is 1.51. The maximum absolute atomic E-state index is 9.35. The Hall–Kier alpha value is -1.06. The molecule has 0 spiro atoms. The van der Waals surface area contributed by atoms with Crippen LogP contribution in [0.3, 0.4) is 0 Å². The summed E-state index contributed by atoms with van der Waals surface area (Å²) in [4.78, 5) is 2.35. The van der Waals surface area contributed by atoms with Gasteiger partial charge in [-0.1, -0.05) is 13.5 Å². The molecule has 16 heavy (non-hydrogen) atoms. The standard InChI is InChI=1S/C13H20N2O/c1-5-15-11(8-16)6-12-10(3)14(4)7-9(2)13(12)15/h5-6,9-10,16H,1,7-8H2,2-4H3/t9-,10-/m1/s1. The maximum atomic E-state index is 9.35. The maximum Gasteiger partial charge on any atom is 0.0836 e. The lowest BCUT2D eigenvalue weighted by Gasteiger charge is -2.34. The molecule has 0 radical (unpaired) electrons. The minimum absolute atomic E-state index is 0.0716. The number of rotatable bonds is 2. The summed E-state index contributed by atoms with van der Waals surface area (Å²) in [5, 5.41) is 9.35. The number of hydrogen-bond acceptors (Lipinski definition) is 2. The molecule has 0 aromatic carbocycles. The lowest BCUT2D eigenvalue weighted by atomic mass is 9.93. The molecule has 0 bridgehead atoms. The van der Waals surface area contributed by atoms with Gasteiger partial charge in [0.15, 0.2) is 0 Å². The van der Waals surface area contributed by atoms with E-state index in [1.807, 2.05) is 4.57 Å². The Morgan fingerprint density at radius 1 is 1.56 bits per heavy atom. The van der Waals surface area contributed by atoms with Crippen LogP contribution in [0, 0.1) is 0 Å². The first-order chi connectivity index (χ1) is 7.60. The Kier molecular flexibility index (Phi) is 2.91. The average Bonchev–Trinajstić information content (AvgIpc) is 2.64. The first kappa shape index (κ1) is 11.4. The second-order valence-electron chi connectivity index (χ2n) is 4.70. The monoisotopic (exact) mass is 220 g/mol. The minimum Gasteiger partial charge on any atom is -0.390 e. The summed E-state index contributed by atoms with van der Waals surface area (Å²) in [6.07, 6.45) is 1.80. The summed E-state index contributed by atoms with van der Waals surface area (Å²) < 4.78 is 2.05. The predicted octanol–water partition coefficient (Wildman–Crippen LogP) is 2.19. The van der Waals surface area contributed by atoms with E-state index in [2.05, 4.69) is 38.4 Å². The predicted molar refractivity (Wildman–Crippen MR) is 66.2 cm³/mol. The topological polar surface area (TPSA) is 28.4 Å². The molecule has 2 heterocycles. The summed E-state index contributed by atoms with van der Waals surface area (Å²) in [5.74, 6) is 0.481. The molecule has 0 saturated heterocycles. The van der Waals surface area contributed by atoms with Crippen molar-refractivity contribution in [3.63, 3.8) is 0 Å². The van der Waals surface area contributed by atoms with Crippen molar-refractivity contribution in [1.82, 2.24) is 9.47 Å². The third-order valence-electron chi connectivity index (χ3n) is 3.67. The van der Waals surface area contributed by atoms with Crippen LogP contribution in [0.5, 0.6) is 0 Å². The zero-order valence-electron chi connectivity index (χ0n) is 10.3. The van der Waals surface area contributed by atoms with Crippen LogP contribution in [0.1, 0.15) is 42.8 Å². The Morgan fingerprint density at radius 3 is 2.81 bits per heavy atom. The molecule has 0 amide bonds. The molecule has 2 atom stereocenters. The molecular weight excluding hydrogens is 200 g/mol. The molecule has 1 aromatic rings. The second-order valence-corrected chi connectivity index (χ2v) is 4.70. The number of fused-ring (bicyclic) bond motifs is 1. The van der Waals surface area contributed by atoms with Gasteiger partial charge in [0.2, 0.25) is 0 Å². The average molecular weight is 220 g/mol. The summed E-state index contributed by atoms with van der Waals surface area (Å²) >= 11 is 0. The third-order valence-corrected chi connectivity index (χ3v) is 3.67. The first-order valence-corrected chi connectivity index (χ1v) is 5.77. The molecule has 1 aliphatic rings. The van der Waals surface area contributed by atoms with E-state index in [4.69, 9.17) is 0 Å². The molecule has 0 unspecified atom stereocenters. The number of nitrogens with zero attached hydrogens (tertiary/aromatic N) is 2. The van der Waals surface area contributed by atoms with Crippen molar-refractivity contribution in [2.45, 2.75) is 32.4 Å². The van der Waals surface area contributed by atoms with Gasteiger partial charge in [0.1, 0.15) is 0 Å². The lowest BCUT2D eigenvalue weighted by Crippen LogP contribution is -2.32. The Morgan fingerprint density at radius 2 is 2.25 bits per heavy atom. The minimum atomic E-state index is 0.0716. The summed E-state index contributed by atoms with van der Waals surface area (Å²) in [5.41, 5.74) is 3.57. The highest BCUT2D eigenvalue weighted by Crippen LogP contribution is 2.37. The van der Waals surface area contributed by atoms with Crippen LogP contribution >= 0.6 is 0 Å².